The van der Waals surface area contributed by atoms with Crippen LogP contribution in [0.2, 0.25) is 0 Å². The predicted molar refractivity (Wildman–Crippen MR) is 98.3 cm³/mol. The van der Waals surface area contributed by atoms with Gasteiger partial charge in [-0.05, 0) is 38.5 Å². The Morgan fingerprint density at radius 2 is 0.909 bits per heavy atom. The van der Waals surface area contributed by atoms with Gasteiger partial charge in [-0.25, -0.2) is 0 Å². The number of hydrogen-bond donors (Lipinski definition) is 0. The second kappa shape index (κ2) is 18.3. The minimum absolute atomic E-state index is 0. The first-order chi connectivity index (χ1) is 10.2. The highest BCUT2D eigenvalue weighted by molar-refractivity contribution is 6.17. The molecule has 22 heavy (non-hydrogen) atoms. The summed E-state index contributed by atoms with van der Waals surface area (Å²) in [4.78, 5) is 0. The molecule has 0 aliphatic heterocycles. The lowest BCUT2D eigenvalue weighted by Crippen LogP contribution is -3.00. The minimum Gasteiger partial charge on any atom is -1.00 e. The third-order valence-corrected chi connectivity index (χ3v) is 4.99. The number of hydrogen-bond acceptors (Lipinski definition) is 0. The molecule has 0 aromatic carbocycles. The first-order valence-corrected chi connectivity index (χ1v) is 10.2. The molecule has 0 aliphatic carbocycles. The second-order valence-corrected chi connectivity index (χ2v) is 7.13. The molecule has 0 rings (SSSR count). The topological polar surface area (TPSA) is 0 Å². The fourth-order valence-electron chi connectivity index (χ4n) is 3.33. The van der Waals surface area contributed by atoms with Crippen LogP contribution in [0, 0.1) is 0 Å². The molecule has 0 bridgehead atoms. The number of rotatable bonds is 16. The summed E-state index contributed by atoms with van der Waals surface area (Å²) >= 11 is 6.00. The van der Waals surface area contributed by atoms with Crippen molar-refractivity contribution >= 4 is 11.6 Å². The van der Waals surface area contributed by atoms with Crippen LogP contribution >= 0.6 is 11.6 Å². The molecule has 0 aromatic heterocycles. The summed E-state index contributed by atoms with van der Waals surface area (Å²) in [6, 6.07) is 0. The van der Waals surface area contributed by atoms with E-state index >= 15 is 0 Å². The van der Waals surface area contributed by atoms with Crippen molar-refractivity contribution < 1.29 is 28.5 Å². The Morgan fingerprint density at radius 1 is 0.545 bits per heavy atom. The molecule has 0 aromatic rings. The maximum absolute atomic E-state index is 6.00. The monoisotopic (exact) mass is 445 g/mol. The molecule has 136 valence electrons. The van der Waals surface area contributed by atoms with Gasteiger partial charge in [0.1, 0.15) is 0 Å². The Kier molecular flexibility index (Phi) is 21.0. The van der Waals surface area contributed by atoms with Crippen molar-refractivity contribution in [1.29, 1.82) is 0 Å². The van der Waals surface area contributed by atoms with Gasteiger partial charge in [-0.15, -0.1) is 11.6 Å². The molecule has 3 heteroatoms. The Hall–Kier alpha value is 0.980. The van der Waals surface area contributed by atoms with E-state index in [9.17, 15) is 0 Å². The van der Waals surface area contributed by atoms with Crippen molar-refractivity contribution in [3.05, 3.63) is 0 Å². The van der Waals surface area contributed by atoms with Crippen molar-refractivity contribution in [3.8, 4) is 0 Å². The first kappa shape index (κ1) is 25.2. The zero-order valence-corrected chi connectivity index (χ0v) is 18.4. The average molecular weight is 446 g/mol. The number of unbranched alkanes of at least 4 members (excludes halogenated alkanes) is 7. The van der Waals surface area contributed by atoms with Gasteiger partial charge in [0, 0.05) is 12.3 Å². The maximum Gasteiger partial charge on any atom is 0.0798 e. The van der Waals surface area contributed by atoms with Crippen LogP contribution in [0.4, 0.5) is 0 Å². The van der Waals surface area contributed by atoms with E-state index in [-0.39, 0.29) is 24.0 Å². The van der Waals surface area contributed by atoms with Gasteiger partial charge in [-0.1, -0.05) is 46.5 Å². The van der Waals surface area contributed by atoms with E-state index < -0.39 is 0 Å². The second-order valence-electron chi connectivity index (χ2n) is 6.75. The van der Waals surface area contributed by atoms with Crippen molar-refractivity contribution in [2.75, 3.05) is 32.1 Å². The molecular formula is C19H41ClIN. The van der Waals surface area contributed by atoms with E-state index in [0.717, 1.165) is 5.88 Å². The van der Waals surface area contributed by atoms with E-state index in [0.29, 0.717) is 0 Å². The van der Waals surface area contributed by atoms with Crippen molar-refractivity contribution in [2.24, 2.45) is 0 Å². The largest absolute Gasteiger partial charge is 1.00 e. The van der Waals surface area contributed by atoms with Crippen LogP contribution in [0.25, 0.3) is 0 Å². The molecular weight excluding hydrogens is 405 g/mol. The van der Waals surface area contributed by atoms with Gasteiger partial charge in [0.05, 0.1) is 26.2 Å². The summed E-state index contributed by atoms with van der Waals surface area (Å²) in [7, 11) is 0. The van der Waals surface area contributed by atoms with Crippen LogP contribution in [0.3, 0.4) is 0 Å². The molecule has 0 saturated carbocycles. The molecule has 0 saturated heterocycles. The maximum atomic E-state index is 6.00. The standard InChI is InChI=1S/C19H41ClN.HI/c1-4-7-10-13-18-21(19-14-15-20,16-11-8-5-2)17-12-9-6-3;/h4-19H2,1-3H3;1H/q+1;/p-1. The van der Waals surface area contributed by atoms with E-state index in [1.165, 1.54) is 101 Å². The Bertz CT molecular complexity index is 202. The number of alkyl halides is 1. The third kappa shape index (κ3) is 13.4. The molecule has 0 atom stereocenters. The van der Waals surface area contributed by atoms with Crippen molar-refractivity contribution in [2.45, 2.75) is 91.4 Å². The minimum atomic E-state index is 0. The van der Waals surface area contributed by atoms with E-state index in [2.05, 4.69) is 20.8 Å². The van der Waals surface area contributed by atoms with Crippen LogP contribution in [0.1, 0.15) is 91.4 Å². The summed E-state index contributed by atoms with van der Waals surface area (Å²) in [5.74, 6) is 0.830. The molecule has 0 unspecified atom stereocenters. The quantitative estimate of drug-likeness (QED) is 0.148. The zero-order chi connectivity index (χ0) is 15.8. The Balaban J connectivity index is 0. The fraction of sp³-hybridized carbons (Fsp3) is 1.00. The summed E-state index contributed by atoms with van der Waals surface area (Å²) in [5, 5.41) is 0. The van der Waals surface area contributed by atoms with E-state index in [1.807, 2.05) is 0 Å². The average Bonchev–Trinajstić information content (AvgIpc) is 2.50. The number of quaternary nitrogens is 1. The van der Waals surface area contributed by atoms with Crippen LogP contribution in [-0.2, 0) is 0 Å². The molecule has 0 aliphatic rings. The summed E-state index contributed by atoms with van der Waals surface area (Å²) < 4.78 is 1.36. The molecule has 0 fully saturated rings. The normalized spacial score (nSPS) is 11.5. The van der Waals surface area contributed by atoms with Crippen LogP contribution in [-0.4, -0.2) is 36.5 Å². The van der Waals surface area contributed by atoms with Gasteiger partial charge in [0.2, 0.25) is 0 Å². The number of nitrogens with zero attached hydrogens (tertiary/aromatic N) is 1. The van der Waals surface area contributed by atoms with Crippen LogP contribution in [0.15, 0.2) is 0 Å². The van der Waals surface area contributed by atoms with Gasteiger partial charge in [-0.3, -0.25) is 0 Å². The lowest BCUT2D eigenvalue weighted by atomic mass is 10.1. The first-order valence-electron chi connectivity index (χ1n) is 9.65. The summed E-state index contributed by atoms with van der Waals surface area (Å²) in [6.07, 6.45) is 15.0. The lowest BCUT2D eigenvalue weighted by molar-refractivity contribution is -0.928. The van der Waals surface area contributed by atoms with Gasteiger partial charge in [0.15, 0.2) is 0 Å². The van der Waals surface area contributed by atoms with E-state index in [4.69, 9.17) is 11.6 Å². The van der Waals surface area contributed by atoms with Gasteiger partial charge in [-0.2, -0.15) is 0 Å². The molecule has 0 spiro atoms. The lowest BCUT2D eigenvalue weighted by Gasteiger charge is -2.39. The van der Waals surface area contributed by atoms with Crippen molar-refractivity contribution in [3.63, 3.8) is 0 Å². The fourth-order valence-corrected chi connectivity index (χ4v) is 3.45. The highest BCUT2D eigenvalue weighted by Crippen LogP contribution is 2.18. The highest BCUT2D eigenvalue weighted by atomic mass is 127. The van der Waals surface area contributed by atoms with Crippen molar-refractivity contribution in [1.82, 2.24) is 0 Å². The van der Waals surface area contributed by atoms with Gasteiger partial charge < -0.3 is 28.5 Å². The SMILES string of the molecule is CCCCCC[N+](CCCCl)(CCCCC)CCCCC.[I-]. The smallest absolute Gasteiger partial charge is 0.0798 e. The number of halogens is 2. The molecule has 0 heterocycles. The molecule has 0 N–H and O–H groups in total. The third-order valence-electron chi connectivity index (χ3n) is 4.72. The van der Waals surface area contributed by atoms with Gasteiger partial charge >= 0.3 is 0 Å². The molecule has 0 radical (unpaired) electrons. The molecule has 0 amide bonds. The zero-order valence-electron chi connectivity index (χ0n) is 15.5. The highest BCUT2D eigenvalue weighted by Gasteiger charge is 2.25. The molecule has 1 nitrogen and oxygen atoms in total. The van der Waals surface area contributed by atoms with Crippen LogP contribution < -0.4 is 24.0 Å². The Labute approximate surface area is 163 Å². The Morgan fingerprint density at radius 3 is 1.32 bits per heavy atom. The van der Waals surface area contributed by atoms with Gasteiger partial charge in [0.25, 0.3) is 0 Å². The summed E-state index contributed by atoms with van der Waals surface area (Å²) in [5.41, 5.74) is 0. The summed E-state index contributed by atoms with van der Waals surface area (Å²) in [6.45, 7) is 12.4. The van der Waals surface area contributed by atoms with E-state index in [1.54, 1.807) is 0 Å². The predicted octanol–water partition coefficient (Wildman–Crippen LogP) is 3.40. The van der Waals surface area contributed by atoms with Crippen LogP contribution in [0.5, 0.6) is 0 Å².